The highest BCUT2D eigenvalue weighted by atomic mass is 16.5. The molecule has 0 amide bonds. The van der Waals surface area contributed by atoms with Gasteiger partial charge in [-0.15, -0.1) is 0 Å². The fourth-order valence-electron chi connectivity index (χ4n) is 5.45. The second kappa shape index (κ2) is 8.57. The van der Waals surface area contributed by atoms with Crippen molar-refractivity contribution in [3.05, 3.63) is 47.1 Å². The second-order valence-electron chi connectivity index (χ2n) is 9.31. The van der Waals surface area contributed by atoms with Crippen LogP contribution in [0.2, 0.25) is 0 Å². The molecule has 5 nitrogen and oxygen atoms in total. The summed E-state index contributed by atoms with van der Waals surface area (Å²) in [7, 11) is 0. The van der Waals surface area contributed by atoms with Gasteiger partial charge in [0.25, 0.3) is 0 Å². The lowest BCUT2D eigenvalue weighted by Crippen LogP contribution is -2.35. The van der Waals surface area contributed by atoms with Crippen molar-refractivity contribution in [3.63, 3.8) is 0 Å². The van der Waals surface area contributed by atoms with Crippen molar-refractivity contribution >= 4 is 0 Å². The van der Waals surface area contributed by atoms with Crippen LogP contribution < -0.4 is 0 Å². The van der Waals surface area contributed by atoms with E-state index in [0.717, 1.165) is 42.9 Å². The summed E-state index contributed by atoms with van der Waals surface area (Å²) in [4.78, 5) is 9.76. The Morgan fingerprint density at radius 1 is 1.03 bits per heavy atom. The Bertz CT molecular complexity index is 789. The lowest BCUT2D eigenvalue weighted by molar-refractivity contribution is 0.132. The molecule has 1 saturated carbocycles. The number of benzene rings is 1. The van der Waals surface area contributed by atoms with Gasteiger partial charge in [-0.05, 0) is 81.1 Å². The van der Waals surface area contributed by atoms with Gasteiger partial charge in [-0.1, -0.05) is 36.3 Å². The smallest absolute Gasteiger partial charge is 0.243 e. The first-order chi connectivity index (χ1) is 14.3. The minimum atomic E-state index is 0.340. The third-order valence-electron chi connectivity index (χ3n) is 7.23. The molecule has 2 saturated heterocycles. The molecule has 5 heteroatoms. The summed E-state index contributed by atoms with van der Waals surface area (Å²) in [5, 5.41) is 4.10. The molecule has 0 spiro atoms. The Hall–Kier alpha value is -1.72. The highest BCUT2D eigenvalue weighted by molar-refractivity contribution is 5.27. The molecule has 3 aliphatic rings. The Labute approximate surface area is 174 Å². The average Bonchev–Trinajstić information content (AvgIpc) is 3.46. The number of aromatic nitrogens is 2. The Balaban J connectivity index is 1.12. The van der Waals surface area contributed by atoms with Crippen LogP contribution in [0.4, 0.5) is 0 Å². The topological polar surface area (TPSA) is 45.4 Å². The van der Waals surface area contributed by atoms with Gasteiger partial charge in [-0.2, -0.15) is 4.98 Å². The molecule has 2 aromatic rings. The summed E-state index contributed by atoms with van der Waals surface area (Å²) < 4.78 is 5.55. The molecule has 5 rings (SSSR count). The molecular formula is C24H34N4O. The van der Waals surface area contributed by atoms with Gasteiger partial charge in [0, 0.05) is 19.5 Å². The predicted octanol–water partition coefficient (Wildman–Crippen LogP) is 4.56. The van der Waals surface area contributed by atoms with E-state index in [2.05, 4.69) is 51.1 Å². The van der Waals surface area contributed by atoms with Gasteiger partial charge in [-0.25, -0.2) is 0 Å². The van der Waals surface area contributed by atoms with E-state index in [9.17, 15) is 0 Å². The van der Waals surface area contributed by atoms with Crippen LogP contribution in [-0.4, -0.2) is 46.1 Å². The van der Waals surface area contributed by atoms with Crippen molar-refractivity contribution in [2.45, 2.75) is 70.4 Å². The van der Waals surface area contributed by atoms with Gasteiger partial charge in [0.2, 0.25) is 5.89 Å². The van der Waals surface area contributed by atoms with Crippen molar-refractivity contribution in [2.24, 2.45) is 5.92 Å². The lowest BCUT2D eigenvalue weighted by Gasteiger charge is -2.39. The molecule has 0 bridgehead atoms. The number of likely N-dealkylation sites (tertiary alicyclic amines) is 2. The molecule has 3 heterocycles. The molecule has 1 aromatic carbocycles. The van der Waals surface area contributed by atoms with Crippen LogP contribution in [0.5, 0.6) is 0 Å². The molecular weight excluding hydrogens is 360 g/mol. The first-order valence-electron chi connectivity index (χ1n) is 11.7. The first kappa shape index (κ1) is 19.3. The van der Waals surface area contributed by atoms with Crippen LogP contribution in [0.1, 0.15) is 80.3 Å². The maximum Gasteiger partial charge on any atom is 0.243 e. The standard InChI is InChI=1S/C24H34N4O/c1-2-23-25-24(29-26-23)22-6-5-13-28(22)17-19-14-21(15-19)20-9-7-18(8-10-20)16-27-11-3-4-12-27/h7-10,19,21-22H,2-6,11-17H2,1H3/t19?,21?,22-/m1/s1. The summed E-state index contributed by atoms with van der Waals surface area (Å²) in [5.41, 5.74) is 3.01. The average molecular weight is 395 g/mol. The maximum absolute atomic E-state index is 5.55. The molecule has 156 valence electrons. The van der Waals surface area contributed by atoms with E-state index in [1.54, 1.807) is 0 Å². The van der Waals surface area contributed by atoms with E-state index in [1.165, 1.54) is 69.4 Å². The normalized spacial score (nSPS) is 28.1. The lowest BCUT2D eigenvalue weighted by atomic mass is 9.71. The highest BCUT2D eigenvalue weighted by Crippen LogP contribution is 2.44. The number of hydrogen-bond donors (Lipinski definition) is 0. The zero-order chi connectivity index (χ0) is 19.6. The van der Waals surface area contributed by atoms with Crippen molar-refractivity contribution in [3.8, 4) is 0 Å². The fraction of sp³-hybridized carbons (Fsp3) is 0.667. The zero-order valence-electron chi connectivity index (χ0n) is 17.7. The minimum Gasteiger partial charge on any atom is -0.338 e. The van der Waals surface area contributed by atoms with Crippen molar-refractivity contribution in [1.29, 1.82) is 0 Å². The van der Waals surface area contributed by atoms with Crippen LogP contribution in [0.25, 0.3) is 0 Å². The van der Waals surface area contributed by atoms with E-state index in [0.29, 0.717) is 6.04 Å². The van der Waals surface area contributed by atoms with Crippen LogP contribution in [-0.2, 0) is 13.0 Å². The molecule has 3 fully saturated rings. The quantitative estimate of drug-likeness (QED) is 0.689. The van der Waals surface area contributed by atoms with E-state index >= 15 is 0 Å². The van der Waals surface area contributed by atoms with Gasteiger partial charge in [0.05, 0.1) is 6.04 Å². The van der Waals surface area contributed by atoms with E-state index in [4.69, 9.17) is 4.52 Å². The Morgan fingerprint density at radius 2 is 1.83 bits per heavy atom. The first-order valence-corrected chi connectivity index (χ1v) is 11.7. The maximum atomic E-state index is 5.55. The van der Waals surface area contributed by atoms with Crippen LogP contribution in [0.15, 0.2) is 28.8 Å². The van der Waals surface area contributed by atoms with Crippen LogP contribution in [0, 0.1) is 5.92 Å². The number of aryl methyl sites for hydroxylation is 1. The summed E-state index contributed by atoms with van der Waals surface area (Å²) in [5.74, 6) is 3.22. The summed E-state index contributed by atoms with van der Waals surface area (Å²) in [6.07, 6.45) is 8.61. The molecule has 29 heavy (non-hydrogen) atoms. The molecule has 0 unspecified atom stereocenters. The van der Waals surface area contributed by atoms with Crippen molar-refractivity contribution < 1.29 is 4.52 Å². The molecule has 0 N–H and O–H groups in total. The number of hydrogen-bond acceptors (Lipinski definition) is 5. The molecule has 1 aromatic heterocycles. The highest BCUT2D eigenvalue weighted by Gasteiger charge is 2.36. The van der Waals surface area contributed by atoms with Crippen molar-refractivity contribution in [2.75, 3.05) is 26.2 Å². The molecule has 1 aliphatic carbocycles. The van der Waals surface area contributed by atoms with Crippen molar-refractivity contribution in [1.82, 2.24) is 19.9 Å². The molecule has 1 atom stereocenters. The molecule has 0 radical (unpaired) electrons. The number of nitrogens with zero attached hydrogens (tertiary/aromatic N) is 4. The fourth-order valence-corrected chi connectivity index (χ4v) is 5.45. The summed E-state index contributed by atoms with van der Waals surface area (Å²) in [6, 6.07) is 9.83. The third kappa shape index (κ3) is 4.26. The van der Waals surface area contributed by atoms with Crippen LogP contribution >= 0.6 is 0 Å². The Kier molecular flexibility index (Phi) is 5.69. The van der Waals surface area contributed by atoms with Crippen LogP contribution in [0.3, 0.4) is 0 Å². The zero-order valence-corrected chi connectivity index (χ0v) is 17.7. The summed E-state index contributed by atoms with van der Waals surface area (Å²) in [6.45, 7) is 8.09. The van der Waals surface area contributed by atoms with Gasteiger partial charge in [-0.3, -0.25) is 9.80 Å². The van der Waals surface area contributed by atoms with E-state index < -0.39 is 0 Å². The van der Waals surface area contributed by atoms with E-state index in [-0.39, 0.29) is 0 Å². The van der Waals surface area contributed by atoms with E-state index in [1.807, 2.05) is 0 Å². The van der Waals surface area contributed by atoms with Gasteiger partial charge >= 0.3 is 0 Å². The Morgan fingerprint density at radius 3 is 2.55 bits per heavy atom. The predicted molar refractivity (Wildman–Crippen MR) is 114 cm³/mol. The van der Waals surface area contributed by atoms with Gasteiger partial charge < -0.3 is 4.52 Å². The monoisotopic (exact) mass is 394 g/mol. The minimum absolute atomic E-state index is 0.340. The third-order valence-corrected chi connectivity index (χ3v) is 7.23. The SMILES string of the molecule is CCc1noc([C@H]2CCCN2CC2CC(c3ccc(CN4CCCC4)cc3)C2)n1. The summed E-state index contributed by atoms with van der Waals surface area (Å²) >= 11 is 0. The molecule has 2 aliphatic heterocycles. The number of rotatable bonds is 7. The second-order valence-corrected chi connectivity index (χ2v) is 9.31. The van der Waals surface area contributed by atoms with Gasteiger partial charge in [0.1, 0.15) is 0 Å². The van der Waals surface area contributed by atoms with Gasteiger partial charge in [0.15, 0.2) is 5.82 Å². The largest absolute Gasteiger partial charge is 0.338 e.